The van der Waals surface area contributed by atoms with Crippen LogP contribution in [0.2, 0.25) is 0 Å². The second-order valence-electron chi connectivity index (χ2n) is 1.93. The van der Waals surface area contributed by atoms with E-state index in [9.17, 15) is 4.57 Å². The van der Waals surface area contributed by atoms with E-state index in [1.54, 1.807) is 0 Å². The van der Waals surface area contributed by atoms with Crippen molar-refractivity contribution >= 4 is 25.1 Å². The smallest absolute Gasteiger partial charge is 0.352 e. The second-order valence-corrected chi connectivity index (χ2v) is 3.91. The van der Waals surface area contributed by atoms with Gasteiger partial charge in [0.05, 0.1) is 5.30 Å². The molecule has 0 atom stereocenters. The molecular formula is C5H6NO3PS. The van der Waals surface area contributed by atoms with Gasteiger partial charge in [-0.1, -0.05) is 12.2 Å². The lowest BCUT2D eigenvalue weighted by Gasteiger charge is -2.01. The summed E-state index contributed by atoms with van der Waals surface area (Å²) in [4.78, 5) is 19.9. The molecule has 0 aliphatic rings. The van der Waals surface area contributed by atoms with E-state index in [2.05, 4.69) is 17.2 Å². The van der Waals surface area contributed by atoms with Crippen LogP contribution in [0.4, 0.5) is 0 Å². The van der Waals surface area contributed by atoms with Gasteiger partial charge in [0.25, 0.3) is 0 Å². The highest BCUT2D eigenvalue weighted by atomic mass is 32.1. The molecule has 1 rings (SSSR count). The molecule has 11 heavy (non-hydrogen) atoms. The third-order valence-corrected chi connectivity index (χ3v) is 2.60. The lowest BCUT2D eigenvalue weighted by Crippen LogP contribution is -2.05. The minimum absolute atomic E-state index is 0.0841. The maximum absolute atomic E-state index is 10.7. The molecule has 6 heteroatoms. The van der Waals surface area contributed by atoms with E-state index in [1.165, 1.54) is 18.3 Å². The van der Waals surface area contributed by atoms with E-state index in [0.29, 0.717) is 0 Å². The molecule has 4 nitrogen and oxygen atoms in total. The highest BCUT2D eigenvalue weighted by molar-refractivity contribution is 7.72. The number of pyridine rings is 1. The van der Waals surface area contributed by atoms with Gasteiger partial charge in [-0.05, 0) is 12.1 Å². The summed E-state index contributed by atoms with van der Waals surface area (Å²) in [6, 6.07) is 2.80. The predicted molar refractivity (Wildman–Crippen MR) is 43.3 cm³/mol. The highest BCUT2D eigenvalue weighted by Gasteiger charge is 2.17. The fourth-order valence-electron chi connectivity index (χ4n) is 0.642. The molecular weight excluding hydrogens is 185 g/mol. The third kappa shape index (κ3) is 1.97. The first-order valence-electron chi connectivity index (χ1n) is 2.75. The van der Waals surface area contributed by atoms with E-state index in [-0.39, 0.29) is 9.95 Å². The first-order valence-corrected chi connectivity index (χ1v) is 4.77. The normalized spacial score (nSPS) is 11.5. The maximum Gasteiger partial charge on any atom is 0.359 e. The van der Waals surface area contributed by atoms with Crippen molar-refractivity contribution in [1.82, 2.24) is 4.98 Å². The SMILES string of the molecule is O=P(O)(O)c1ccc[nH]c1=S. The lowest BCUT2D eigenvalue weighted by atomic mass is 10.5. The molecule has 0 aliphatic heterocycles. The summed E-state index contributed by atoms with van der Waals surface area (Å²) in [6.45, 7) is 0. The molecule has 0 saturated heterocycles. The van der Waals surface area contributed by atoms with Gasteiger partial charge in [0.15, 0.2) is 0 Å². The Labute approximate surface area is 68.1 Å². The van der Waals surface area contributed by atoms with Crippen LogP contribution in [0, 0.1) is 4.64 Å². The molecule has 3 N–H and O–H groups in total. The van der Waals surface area contributed by atoms with Crippen molar-refractivity contribution in [2.75, 3.05) is 0 Å². The quantitative estimate of drug-likeness (QED) is 0.447. The van der Waals surface area contributed by atoms with Crippen molar-refractivity contribution < 1.29 is 14.4 Å². The van der Waals surface area contributed by atoms with Crippen molar-refractivity contribution in [3.63, 3.8) is 0 Å². The van der Waals surface area contributed by atoms with Crippen LogP contribution in [0.25, 0.3) is 0 Å². The van der Waals surface area contributed by atoms with Gasteiger partial charge >= 0.3 is 7.60 Å². The molecule has 0 unspecified atom stereocenters. The van der Waals surface area contributed by atoms with Gasteiger partial charge in [0, 0.05) is 6.20 Å². The van der Waals surface area contributed by atoms with Gasteiger partial charge in [0.1, 0.15) is 4.64 Å². The van der Waals surface area contributed by atoms with Crippen LogP contribution in [0.1, 0.15) is 0 Å². The Morgan fingerprint density at radius 1 is 1.55 bits per heavy atom. The van der Waals surface area contributed by atoms with E-state index < -0.39 is 7.60 Å². The molecule has 1 heterocycles. The first kappa shape index (κ1) is 8.62. The molecule has 1 aromatic rings. The Morgan fingerprint density at radius 2 is 2.18 bits per heavy atom. The summed E-state index contributed by atoms with van der Waals surface area (Å²) < 4.78 is 10.7. The van der Waals surface area contributed by atoms with Crippen LogP contribution in [-0.2, 0) is 4.57 Å². The average Bonchev–Trinajstić information content (AvgIpc) is 1.86. The lowest BCUT2D eigenvalue weighted by molar-refractivity contribution is 0.387. The monoisotopic (exact) mass is 191 g/mol. The van der Waals surface area contributed by atoms with Gasteiger partial charge < -0.3 is 14.8 Å². The number of H-pyrrole nitrogens is 1. The van der Waals surface area contributed by atoms with E-state index in [4.69, 9.17) is 9.79 Å². The Kier molecular flexibility index (Phi) is 2.25. The molecule has 0 spiro atoms. The molecule has 60 valence electrons. The number of aromatic nitrogens is 1. The largest absolute Gasteiger partial charge is 0.359 e. The number of hydrogen-bond donors (Lipinski definition) is 3. The van der Waals surface area contributed by atoms with Crippen molar-refractivity contribution in [2.24, 2.45) is 0 Å². The van der Waals surface area contributed by atoms with Crippen molar-refractivity contribution in [3.05, 3.63) is 23.0 Å². The fraction of sp³-hybridized carbons (Fsp3) is 0. The van der Waals surface area contributed by atoms with Crippen molar-refractivity contribution in [3.8, 4) is 0 Å². The standard InChI is InChI=1S/C5H6NO3PS/c7-10(8,9)4-2-1-3-6-5(4)11/h1-3H,(H,6,11)(H2,7,8,9). The van der Waals surface area contributed by atoms with E-state index >= 15 is 0 Å². The molecule has 0 aliphatic carbocycles. The minimum atomic E-state index is -4.19. The Hall–Kier alpha value is -0.480. The molecule has 1 aromatic heterocycles. The van der Waals surface area contributed by atoms with Crippen LogP contribution < -0.4 is 5.30 Å². The summed E-state index contributed by atoms with van der Waals surface area (Å²) in [7, 11) is -4.19. The molecule has 0 bridgehead atoms. The van der Waals surface area contributed by atoms with Crippen LogP contribution in [-0.4, -0.2) is 14.8 Å². The van der Waals surface area contributed by atoms with Gasteiger partial charge in [-0.3, -0.25) is 4.57 Å². The molecule has 0 amide bonds. The minimum Gasteiger partial charge on any atom is -0.352 e. The maximum atomic E-state index is 10.7. The summed E-state index contributed by atoms with van der Waals surface area (Å²) in [5.41, 5.74) is 0. The topological polar surface area (TPSA) is 73.3 Å². The van der Waals surface area contributed by atoms with Crippen molar-refractivity contribution in [2.45, 2.75) is 0 Å². The number of rotatable bonds is 1. The number of nitrogens with one attached hydrogen (secondary N) is 1. The summed E-state index contributed by atoms with van der Waals surface area (Å²) >= 11 is 4.65. The Bertz CT molecular complexity index is 355. The summed E-state index contributed by atoms with van der Waals surface area (Å²) in [6.07, 6.45) is 1.52. The number of aromatic amines is 1. The fourth-order valence-corrected chi connectivity index (χ4v) is 1.74. The van der Waals surface area contributed by atoms with Gasteiger partial charge in [0.2, 0.25) is 0 Å². The first-order chi connectivity index (χ1) is 5.02. The van der Waals surface area contributed by atoms with E-state index in [1.807, 2.05) is 0 Å². The second kappa shape index (κ2) is 2.87. The van der Waals surface area contributed by atoms with Crippen LogP contribution in [0.3, 0.4) is 0 Å². The zero-order valence-electron chi connectivity index (χ0n) is 5.39. The predicted octanol–water partition coefficient (Wildman–Crippen LogP) is 0.547. The third-order valence-electron chi connectivity index (χ3n) is 1.11. The summed E-state index contributed by atoms with van der Waals surface area (Å²) in [5, 5.41) is -0.130. The van der Waals surface area contributed by atoms with Gasteiger partial charge in [-0.15, -0.1) is 0 Å². The Balaban J connectivity index is 3.37. The van der Waals surface area contributed by atoms with Crippen LogP contribution in [0.15, 0.2) is 18.3 Å². The molecule has 0 saturated carbocycles. The van der Waals surface area contributed by atoms with Crippen LogP contribution in [0.5, 0.6) is 0 Å². The molecule has 0 radical (unpaired) electrons. The molecule has 0 aromatic carbocycles. The van der Waals surface area contributed by atoms with Crippen molar-refractivity contribution in [1.29, 1.82) is 0 Å². The van der Waals surface area contributed by atoms with Crippen LogP contribution >= 0.6 is 19.8 Å². The average molecular weight is 191 g/mol. The highest BCUT2D eigenvalue weighted by Crippen LogP contribution is 2.32. The van der Waals surface area contributed by atoms with Gasteiger partial charge in [-0.25, -0.2) is 0 Å². The summed E-state index contributed by atoms with van der Waals surface area (Å²) in [5.74, 6) is 0. The van der Waals surface area contributed by atoms with Gasteiger partial charge in [-0.2, -0.15) is 0 Å². The zero-order chi connectivity index (χ0) is 8.48. The zero-order valence-corrected chi connectivity index (χ0v) is 7.10. The van der Waals surface area contributed by atoms with E-state index in [0.717, 1.165) is 0 Å². The Morgan fingerprint density at radius 3 is 2.55 bits per heavy atom. The molecule has 0 fully saturated rings. The number of hydrogen-bond acceptors (Lipinski definition) is 2.